The Balaban J connectivity index is 2.23. The van der Waals surface area contributed by atoms with E-state index in [2.05, 4.69) is 11.4 Å². The first-order valence-electron chi connectivity index (χ1n) is 9.84. The molecule has 0 bridgehead atoms. The molecule has 0 spiro atoms. The summed E-state index contributed by atoms with van der Waals surface area (Å²) in [6.07, 6.45) is 0. The second-order valence-electron chi connectivity index (χ2n) is 7.26. The lowest BCUT2D eigenvalue weighted by Gasteiger charge is -2.21. The fraction of sp³-hybridized carbons (Fsp3) is 0.208. The molecule has 0 unspecified atom stereocenters. The van der Waals surface area contributed by atoms with E-state index in [1.54, 1.807) is 14.2 Å². The van der Waals surface area contributed by atoms with Gasteiger partial charge >= 0.3 is 0 Å². The average Bonchev–Trinajstić information content (AvgIpc) is 2.79. The monoisotopic (exact) mass is 432 g/mol. The number of hydrogen-bond acceptors (Lipinski definition) is 7. The highest BCUT2D eigenvalue weighted by Crippen LogP contribution is 2.46. The summed E-state index contributed by atoms with van der Waals surface area (Å²) in [6, 6.07) is 14.4. The summed E-state index contributed by atoms with van der Waals surface area (Å²) in [7, 11) is 3.15. The lowest BCUT2D eigenvalue weighted by Crippen LogP contribution is -2.09. The molecular weight excluding hydrogens is 408 g/mol. The van der Waals surface area contributed by atoms with E-state index in [0.717, 1.165) is 22.4 Å². The molecule has 0 fully saturated rings. The molecule has 0 atom stereocenters. The molecule has 0 aliphatic heterocycles. The lowest BCUT2D eigenvalue weighted by molar-refractivity contribution is -0.383. The quantitative estimate of drug-likeness (QED) is 0.307. The zero-order valence-corrected chi connectivity index (χ0v) is 18.4. The van der Waals surface area contributed by atoms with Crippen molar-refractivity contribution in [2.24, 2.45) is 0 Å². The van der Waals surface area contributed by atoms with E-state index in [1.807, 2.05) is 50.2 Å². The van der Waals surface area contributed by atoms with Crippen LogP contribution in [0.25, 0.3) is 11.1 Å². The Hall–Kier alpha value is -4.25. The molecule has 8 nitrogen and oxygen atoms in total. The fourth-order valence-corrected chi connectivity index (χ4v) is 3.73. The van der Waals surface area contributed by atoms with Gasteiger partial charge in [0, 0.05) is 18.2 Å². The molecule has 3 N–H and O–H groups in total. The van der Waals surface area contributed by atoms with Gasteiger partial charge in [0.25, 0.3) is 5.69 Å². The largest absolute Gasteiger partial charge is 0.497 e. The summed E-state index contributed by atoms with van der Waals surface area (Å²) in [5.41, 5.74) is 10.3. The molecule has 0 radical (unpaired) electrons. The van der Waals surface area contributed by atoms with Gasteiger partial charge in [0.2, 0.25) is 0 Å². The normalized spacial score (nSPS) is 10.3. The number of nitrogens with zero attached hydrogens (tertiary/aromatic N) is 2. The lowest BCUT2D eigenvalue weighted by atomic mass is 9.90. The van der Waals surface area contributed by atoms with Gasteiger partial charge in [-0.15, -0.1) is 0 Å². The van der Waals surface area contributed by atoms with Crippen LogP contribution in [0.4, 0.5) is 17.1 Å². The molecule has 3 aromatic carbocycles. The highest BCUT2D eigenvalue weighted by atomic mass is 16.6. The van der Waals surface area contributed by atoms with E-state index in [9.17, 15) is 15.4 Å². The van der Waals surface area contributed by atoms with Crippen LogP contribution in [0, 0.1) is 35.3 Å². The van der Waals surface area contributed by atoms with E-state index in [1.165, 1.54) is 6.07 Å². The van der Waals surface area contributed by atoms with Gasteiger partial charge in [-0.2, -0.15) is 5.26 Å². The average molecular weight is 432 g/mol. The Morgan fingerprint density at radius 3 is 2.34 bits per heavy atom. The third-order valence-corrected chi connectivity index (χ3v) is 5.38. The molecule has 32 heavy (non-hydrogen) atoms. The van der Waals surface area contributed by atoms with Gasteiger partial charge in [-0.25, -0.2) is 0 Å². The Labute approximate surface area is 186 Å². The molecule has 164 valence electrons. The second-order valence-corrected chi connectivity index (χ2v) is 7.26. The number of nitro benzene ring substituents is 1. The highest BCUT2D eigenvalue weighted by molar-refractivity contribution is 5.97. The van der Waals surface area contributed by atoms with E-state index >= 15 is 0 Å². The first-order valence-corrected chi connectivity index (χ1v) is 9.84. The molecule has 8 heteroatoms. The molecule has 0 aliphatic rings. The SMILES string of the molecule is COc1ccc(CNc2c(C#N)cc([N+](=O)[O-])c(N)c2-c2c(C)ccc(OC)c2C)cc1. The fourth-order valence-electron chi connectivity index (χ4n) is 3.73. The van der Waals surface area contributed by atoms with Crippen LogP contribution < -0.4 is 20.5 Å². The van der Waals surface area contributed by atoms with Gasteiger partial charge in [-0.05, 0) is 54.3 Å². The maximum Gasteiger partial charge on any atom is 0.294 e. The van der Waals surface area contributed by atoms with Crippen molar-refractivity contribution < 1.29 is 14.4 Å². The van der Waals surface area contributed by atoms with E-state index in [4.69, 9.17) is 15.2 Å². The summed E-state index contributed by atoms with van der Waals surface area (Å²) >= 11 is 0. The summed E-state index contributed by atoms with van der Waals surface area (Å²) in [5.74, 6) is 1.35. The first kappa shape index (κ1) is 22.4. The summed E-state index contributed by atoms with van der Waals surface area (Å²) in [5, 5.41) is 24.8. The van der Waals surface area contributed by atoms with Crippen LogP contribution in [0.15, 0.2) is 42.5 Å². The summed E-state index contributed by atoms with van der Waals surface area (Å²) in [4.78, 5) is 11.1. The van der Waals surface area contributed by atoms with Crippen molar-refractivity contribution in [2.45, 2.75) is 20.4 Å². The number of ether oxygens (including phenoxy) is 2. The minimum absolute atomic E-state index is 0.00863. The number of nitrogens with two attached hydrogens (primary N) is 1. The zero-order valence-electron chi connectivity index (χ0n) is 18.4. The highest BCUT2D eigenvalue weighted by Gasteiger charge is 2.26. The van der Waals surface area contributed by atoms with Gasteiger partial charge in [-0.3, -0.25) is 10.1 Å². The minimum Gasteiger partial charge on any atom is -0.497 e. The third-order valence-electron chi connectivity index (χ3n) is 5.38. The molecule has 0 aromatic heterocycles. The maximum atomic E-state index is 11.7. The number of nitriles is 1. The Bertz CT molecular complexity index is 1210. The second kappa shape index (κ2) is 9.27. The number of nitrogen functional groups attached to an aromatic ring is 1. The number of nitrogens with one attached hydrogen (secondary N) is 1. The topological polar surface area (TPSA) is 123 Å². The van der Waals surface area contributed by atoms with Crippen molar-refractivity contribution in [1.82, 2.24) is 0 Å². The van der Waals surface area contributed by atoms with Crippen LogP contribution >= 0.6 is 0 Å². The molecule has 3 rings (SSSR count). The van der Waals surface area contributed by atoms with Crippen molar-refractivity contribution in [2.75, 3.05) is 25.3 Å². The number of hydrogen-bond donors (Lipinski definition) is 2. The van der Waals surface area contributed by atoms with Crippen molar-refractivity contribution in [3.05, 3.63) is 74.8 Å². The van der Waals surface area contributed by atoms with Crippen LogP contribution in [0.3, 0.4) is 0 Å². The number of aryl methyl sites for hydroxylation is 1. The number of anilines is 2. The van der Waals surface area contributed by atoms with Crippen molar-refractivity contribution >= 4 is 17.1 Å². The van der Waals surface area contributed by atoms with Gasteiger partial charge in [0.15, 0.2) is 0 Å². The van der Waals surface area contributed by atoms with E-state index < -0.39 is 4.92 Å². The third kappa shape index (κ3) is 4.14. The maximum absolute atomic E-state index is 11.7. The van der Waals surface area contributed by atoms with E-state index in [-0.39, 0.29) is 16.9 Å². The smallest absolute Gasteiger partial charge is 0.294 e. The van der Waals surface area contributed by atoms with Crippen molar-refractivity contribution in [3.63, 3.8) is 0 Å². The molecule has 0 saturated heterocycles. The predicted molar refractivity (Wildman–Crippen MR) is 124 cm³/mol. The number of nitro groups is 1. The van der Waals surface area contributed by atoms with Crippen LogP contribution in [0.2, 0.25) is 0 Å². The van der Waals surface area contributed by atoms with Crippen molar-refractivity contribution in [1.29, 1.82) is 5.26 Å². The van der Waals surface area contributed by atoms with Gasteiger partial charge in [0.1, 0.15) is 23.3 Å². The number of benzene rings is 3. The minimum atomic E-state index is -0.572. The van der Waals surface area contributed by atoms with Gasteiger partial charge in [-0.1, -0.05) is 18.2 Å². The van der Waals surface area contributed by atoms with Crippen LogP contribution in [0.1, 0.15) is 22.3 Å². The van der Waals surface area contributed by atoms with Gasteiger partial charge in [0.05, 0.1) is 30.4 Å². The molecular formula is C24H24N4O4. The van der Waals surface area contributed by atoms with Gasteiger partial charge < -0.3 is 20.5 Å². The van der Waals surface area contributed by atoms with Crippen LogP contribution in [-0.2, 0) is 6.54 Å². The Morgan fingerprint density at radius 1 is 1.09 bits per heavy atom. The van der Waals surface area contributed by atoms with Crippen LogP contribution in [0.5, 0.6) is 11.5 Å². The standard InChI is InChI=1S/C24H24N4O4/c1-14-5-10-20(32-4)15(2)21(14)22-23(26)19(28(29)30)11-17(12-25)24(22)27-13-16-6-8-18(31-3)9-7-16/h5-11,27H,13,26H2,1-4H3. The summed E-state index contributed by atoms with van der Waals surface area (Å²) in [6.45, 7) is 4.13. The molecule has 0 amide bonds. The number of methoxy groups -OCH3 is 2. The zero-order chi connectivity index (χ0) is 23.4. The summed E-state index contributed by atoms with van der Waals surface area (Å²) < 4.78 is 10.6. The van der Waals surface area contributed by atoms with E-state index in [0.29, 0.717) is 29.1 Å². The van der Waals surface area contributed by atoms with Crippen molar-refractivity contribution in [3.8, 4) is 28.7 Å². The van der Waals surface area contributed by atoms with Crippen LogP contribution in [-0.4, -0.2) is 19.1 Å². The molecule has 0 saturated carbocycles. The number of rotatable bonds is 7. The molecule has 3 aromatic rings. The predicted octanol–water partition coefficient (Wildman–Crippen LogP) is 4.96. The first-order chi connectivity index (χ1) is 15.3. The Morgan fingerprint density at radius 2 is 1.78 bits per heavy atom. The molecule has 0 aliphatic carbocycles. The molecule has 0 heterocycles. The Kier molecular flexibility index (Phi) is 6.50.